The molecule has 0 saturated carbocycles. The number of nitrogens with zero attached hydrogens (tertiary/aromatic N) is 2. The standard InChI is InChI=1S/C19H22ClFN2O/c1-5-23(3)12-22-19-11-16(24-4)10-15(13(19)2)8-14-6-7-18(21)17(20)9-14/h6-7,9-12H,5,8H2,1-4H3/b22-12-. The van der Waals surface area contributed by atoms with Gasteiger partial charge in [0.05, 0.1) is 24.2 Å². The van der Waals surface area contributed by atoms with Crippen molar-refractivity contribution in [1.82, 2.24) is 4.90 Å². The number of rotatable bonds is 6. The van der Waals surface area contributed by atoms with Crippen molar-refractivity contribution < 1.29 is 9.13 Å². The number of aliphatic imine (C=N–C) groups is 1. The molecule has 0 heterocycles. The lowest BCUT2D eigenvalue weighted by molar-refractivity contribution is 0.414. The van der Waals surface area contributed by atoms with E-state index in [1.54, 1.807) is 25.6 Å². The van der Waals surface area contributed by atoms with Gasteiger partial charge < -0.3 is 9.64 Å². The van der Waals surface area contributed by atoms with Crippen LogP contribution in [0.1, 0.15) is 23.6 Å². The Kier molecular flexibility index (Phi) is 6.21. The van der Waals surface area contributed by atoms with Crippen LogP contribution >= 0.6 is 11.6 Å². The summed E-state index contributed by atoms with van der Waals surface area (Å²) in [5.74, 6) is 0.339. The SMILES string of the molecule is CCN(C)/C=N\c1cc(OC)cc(Cc2ccc(F)c(Cl)c2)c1C. The molecule has 0 saturated heterocycles. The zero-order valence-corrected chi connectivity index (χ0v) is 15.2. The number of methoxy groups -OCH3 is 1. The summed E-state index contributed by atoms with van der Waals surface area (Å²) < 4.78 is 18.7. The largest absolute Gasteiger partial charge is 0.497 e. The third-order valence-corrected chi connectivity index (χ3v) is 4.26. The molecule has 3 nitrogen and oxygen atoms in total. The molecule has 0 aliphatic rings. The maximum Gasteiger partial charge on any atom is 0.141 e. The van der Waals surface area contributed by atoms with Crippen LogP contribution in [0.3, 0.4) is 0 Å². The topological polar surface area (TPSA) is 24.8 Å². The van der Waals surface area contributed by atoms with Crippen LogP contribution in [0.15, 0.2) is 35.3 Å². The van der Waals surface area contributed by atoms with Gasteiger partial charge in [-0.1, -0.05) is 17.7 Å². The van der Waals surface area contributed by atoms with Gasteiger partial charge >= 0.3 is 0 Å². The summed E-state index contributed by atoms with van der Waals surface area (Å²) in [5.41, 5.74) is 3.94. The molecule has 0 bridgehead atoms. The van der Waals surface area contributed by atoms with Crippen molar-refractivity contribution in [2.75, 3.05) is 20.7 Å². The van der Waals surface area contributed by atoms with Gasteiger partial charge in [-0.2, -0.15) is 0 Å². The summed E-state index contributed by atoms with van der Waals surface area (Å²) in [6, 6.07) is 8.69. The summed E-state index contributed by atoms with van der Waals surface area (Å²) in [6.07, 6.45) is 2.44. The van der Waals surface area contributed by atoms with Crippen LogP contribution in [0, 0.1) is 12.7 Å². The Bertz CT molecular complexity index is 746. The van der Waals surface area contributed by atoms with Crippen molar-refractivity contribution in [3.63, 3.8) is 0 Å². The zero-order chi connectivity index (χ0) is 17.7. The summed E-state index contributed by atoms with van der Waals surface area (Å²) in [6.45, 7) is 4.97. The Balaban J connectivity index is 2.38. The molecule has 0 unspecified atom stereocenters. The number of hydrogen-bond acceptors (Lipinski definition) is 2. The van der Waals surface area contributed by atoms with E-state index in [1.165, 1.54) is 6.07 Å². The van der Waals surface area contributed by atoms with E-state index in [2.05, 4.69) is 11.9 Å². The number of ether oxygens (including phenoxy) is 1. The van der Waals surface area contributed by atoms with Crippen molar-refractivity contribution in [3.8, 4) is 5.75 Å². The lowest BCUT2D eigenvalue weighted by atomic mass is 9.99. The molecule has 0 radical (unpaired) electrons. The molecule has 0 fully saturated rings. The normalized spacial score (nSPS) is 11.1. The van der Waals surface area contributed by atoms with Gasteiger partial charge in [0.15, 0.2) is 0 Å². The average Bonchev–Trinajstić information content (AvgIpc) is 2.58. The maximum atomic E-state index is 13.3. The van der Waals surface area contributed by atoms with Gasteiger partial charge in [0.25, 0.3) is 0 Å². The summed E-state index contributed by atoms with van der Waals surface area (Å²) in [4.78, 5) is 6.55. The molecule has 2 rings (SSSR count). The molecule has 2 aromatic rings. The lowest BCUT2D eigenvalue weighted by Gasteiger charge is -2.13. The third kappa shape index (κ3) is 4.48. The highest BCUT2D eigenvalue weighted by Crippen LogP contribution is 2.30. The second-order valence-corrected chi connectivity index (χ2v) is 6.08. The Labute approximate surface area is 147 Å². The number of halogens is 2. The highest BCUT2D eigenvalue weighted by molar-refractivity contribution is 6.30. The van der Waals surface area contributed by atoms with Crippen LogP contribution in [0.4, 0.5) is 10.1 Å². The first-order chi connectivity index (χ1) is 11.4. The highest BCUT2D eigenvalue weighted by Gasteiger charge is 2.10. The molecule has 128 valence electrons. The Morgan fingerprint density at radius 3 is 2.67 bits per heavy atom. The fraction of sp³-hybridized carbons (Fsp3) is 0.316. The lowest BCUT2D eigenvalue weighted by Crippen LogP contribution is -2.14. The predicted octanol–water partition coefficient (Wildman–Crippen LogP) is 5.00. The molecule has 0 spiro atoms. The molecule has 5 heteroatoms. The van der Waals surface area contributed by atoms with Gasteiger partial charge in [0.1, 0.15) is 11.6 Å². The average molecular weight is 349 g/mol. The summed E-state index contributed by atoms with van der Waals surface area (Å²) >= 11 is 5.88. The molecule has 0 aliphatic heterocycles. The van der Waals surface area contributed by atoms with Crippen LogP contribution in [0.25, 0.3) is 0 Å². The minimum atomic E-state index is -0.407. The van der Waals surface area contributed by atoms with E-state index in [1.807, 2.05) is 31.0 Å². The molecule has 24 heavy (non-hydrogen) atoms. The second-order valence-electron chi connectivity index (χ2n) is 5.67. The summed E-state index contributed by atoms with van der Waals surface area (Å²) in [5, 5.41) is 0.135. The van der Waals surface area contributed by atoms with E-state index in [0.717, 1.165) is 34.7 Å². The van der Waals surface area contributed by atoms with Crippen molar-refractivity contribution in [1.29, 1.82) is 0 Å². The molecule has 2 aromatic carbocycles. The first kappa shape index (κ1) is 18.3. The van der Waals surface area contributed by atoms with Crippen LogP contribution in [-0.4, -0.2) is 31.9 Å². The smallest absolute Gasteiger partial charge is 0.141 e. The third-order valence-electron chi connectivity index (χ3n) is 3.97. The quantitative estimate of drug-likeness (QED) is 0.542. The Hall–Kier alpha value is -2.07. The van der Waals surface area contributed by atoms with E-state index < -0.39 is 5.82 Å². The van der Waals surface area contributed by atoms with Crippen molar-refractivity contribution in [2.24, 2.45) is 4.99 Å². The van der Waals surface area contributed by atoms with Gasteiger partial charge in [0.2, 0.25) is 0 Å². The van der Waals surface area contributed by atoms with Crippen LogP contribution < -0.4 is 4.74 Å². The molecule has 0 amide bonds. The van der Waals surface area contributed by atoms with Crippen molar-refractivity contribution in [3.05, 3.63) is 57.9 Å². The monoisotopic (exact) mass is 348 g/mol. The van der Waals surface area contributed by atoms with E-state index in [4.69, 9.17) is 16.3 Å². The first-order valence-corrected chi connectivity index (χ1v) is 8.18. The number of hydrogen-bond donors (Lipinski definition) is 0. The molecular weight excluding hydrogens is 327 g/mol. The van der Waals surface area contributed by atoms with Crippen LogP contribution in [-0.2, 0) is 6.42 Å². The summed E-state index contributed by atoms with van der Waals surface area (Å²) in [7, 11) is 3.61. The van der Waals surface area contributed by atoms with Crippen LogP contribution in [0.2, 0.25) is 5.02 Å². The van der Waals surface area contributed by atoms with E-state index in [9.17, 15) is 4.39 Å². The molecule has 0 aliphatic carbocycles. The minimum Gasteiger partial charge on any atom is -0.497 e. The minimum absolute atomic E-state index is 0.135. The fourth-order valence-corrected chi connectivity index (χ4v) is 2.48. The van der Waals surface area contributed by atoms with Crippen molar-refractivity contribution in [2.45, 2.75) is 20.3 Å². The maximum absolute atomic E-state index is 13.3. The zero-order valence-electron chi connectivity index (χ0n) is 14.4. The van der Waals surface area contributed by atoms with Crippen molar-refractivity contribution >= 4 is 23.6 Å². The van der Waals surface area contributed by atoms with Gasteiger partial charge in [0, 0.05) is 19.7 Å². The Morgan fingerprint density at radius 1 is 1.29 bits per heavy atom. The first-order valence-electron chi connectivity index (χ1n) is 7.80. The van der Waals surface area contributed by atoms with E-state index in [0.29, 0.717) is 6.42 Å². The molecule has 0 aromatic heterocycles. The van der Waals surface area contributed by atoms with Gasteiger partial charge in [-0.25, -0.2) is 9.38 Å². The molecule has 0 N–H and O–H groups in total. The van der Waals surface area contributed by atoms with Gasteiger partial charge in [-0.05, 0) is 55.2 Å². The van der Waals surface area contributed by atoms with Gasteiger partial charge in [-0.3, -0.25) is 0 Å². The molecular formula is C19H22ClFN2O. The highest BCUT2D eigenvalue weighted by atomic mass is 35.5. The van der Waals surface area contributed by atoms with E-state index >= 15 is 0 Å². The van der Waals surface area contributed by atoms with Crippen LogP contribution in [0.5, 0.6) is 5.75 Å². The molecule has 0 atom stereocenters. The predicted molar refractivity (Wildman–Crippen MR) is 98.4 cm³/mol. The fourth-order valence-electron chi connectivity index (χ4n) is 2.28. The number of benzene rings is 2. The Morgan fingerprint density at radius 2 is 2.04 bits per heavy atom. The van der Waals surface area contributed by atoms with Gasteiger partial charge in [-0.15, -0.1) is 0 Å². The van der Waals surface area contributed by atoms with E-state index in [-0.39, 0.29) is 5.02 Å². The second kappa shape index (κ2) is 8.15.